The number of carbonyl (C=O) groups is 1. The molecule has 1 aromatic rings. The summed E-state index contributed by atoms with van der Waals surface area (Å²) >= 11 is 0. The van der Waals surface area contributed by atoms with Crippen LogP contribution in [0.1, 0.15) is 61.1 Å². The fourth-order valence-corrected chi connectivity index (χ4v) is 2.98. The highest BCUT2D eigenvalue weighted by Crippen LogP contribution is 2.26. The predicted octanol–water partition coefficient (Wildman–Crippen LogP) is 2.82. The minimum absolute atomic E-state index is 0.00764. The Morgan fingerprint density at radius 1 is 1.42 bits per heavy atom. The summed E-state index contributed by atoms with van der Waals surface area (Å²) in [6.45, 7) is 2.68. The highest BCUT2D eigenvalue weighted by molar-refractivity contribution is 5.92. The fraction of sp³-hybridized carbons (Fsp3) is 0.733. The van der Waals surface area contributed by atoms with Gasteiger partial charge in [-0.2, -0.15) is 5.10 Å². The number of hydrogen-bond acceptors (Lipinski definition) is 2. The van der Waals surface area contributed by atoms with Crippen LogP contribution >= 0.6 is 0 Å². The van der Waals surface area contributed by atoms with Gasteiger partial charge in [0.2, 0.25) is 0 Å². The van der Waals surface area contributed by atoms with Crippen molar-refractivity contribution in [2.24, 2.45) is 13.0 Å². The molecule has 0 aliphatic heterocycles. The quantitative estimate of drug-likeness (QED) is 0.830. The topological polar surface area (TPSA) is 46.9 Å². The number of aryl methyl sites for hydroxylation is 2. The lowest BCUT2D eigenvalue weighted by Crippen LogP contribution is -2.27. The average Bonchev–Trinajstić information content (AvgIpc) is 2.75. The van der Waals surface area contributed by atoms with E-state index in [2.05, 4.69) is 10.4 Å². The second kappa shape index (κ2) is 6.73. The SMILES string of the molecule is Cc1cc(C(=O)NCCCC2CCCCC2)n(C)n1. The normalized spacial score (nSPS) is 16.5. The first kappa shape index (κ1) is 14.1. The van der Waals surface area contributed by atoms with Crippen molar-refractivity contribution in [2.45, 2.75) is 51.9 Å². The third kappa shape index (κ3) is 4.08. The summed E-state index contributed by atoms with van der Waals surface area (Å²) in [6, 6.07) is 1.83. The number of nitrogens with zero attached hydrogens (tertiary/aromatic N) is 2. The van der Waals surface area contributed by atoms with Crippen LogP contribution in [0.2, 0.25) is 0 Å². The first-order chi connectivity index (χ1) is 9.16. The van der Waals surface area contributed by atoms with E-state index in [-0.39, 0.29) is 5.91 Å². The molecule has 1 amide bonds. The molecule has 19 heavy (non-hydrogen) atoms. The molecule has 2 rings (SSSR count). The molecule has 1 N–H and O–H groups in total. The summed E-state index contributed by atoms with van der Waals surface area (Å²) in [7, 11) is 1.81. The van der Waals surface area contributed by atoms with Crippen LogP contribution in [0, 0.1) is 12.8 Å². The molecule has 1 aliphatic rings. The van der Waals surface area contributed by atoms with Crippen molar-refractivity contribution in [2.75, 3.05) is 6.54 Å². The van der Waals surface area contributed by atoms with Crippen LogP contribution < -0.4 is 5.32 Å². The van der Waals surface area contributed by atoms with E-state index in [0.717, 1.165) is 24.6 Å². The molecule has 4 nitrogen and oxygen atoms in total. The first-order valence-electron chi connectivity index (χ1n) is 7.45. The van der Waals surface area contributed by atoms with E-state index in [9.17, 15) is 4.79 Å². The van der Waals surface area contributed by atoms with Crippen molar-refractivity contribution in [3.8, 4) is 0 Å². The van der Waals surface area contributed by atoms with Gasteiger partial charge in [-0.3, -0.25) is 9.48 Å². The van der Waals surface area contributed by atoms with Gasteiger partial charge in [-0.05, 0) is 31.7 Å². The molecule has 1 fully saturated rings. The van der Waals surface area contributed by atoms with E-state index in [1.54, 1.807) is 4.68 Å². The Bertz CT molecular complexity index is 419. The van der Waals surface area contributed by atoms with Gasteiger partial charge in [-0.15, -0.1) is 0 Å². The average molecular weight is 263 g/mol. The van der Waals surface area contributed by atoms with Gasteiger partial charge in [-0.1, -0.05) is 32.1 Å². The third-order valence-electron chi connectivity index (χ3n) is 4.03. The van der Waals surface area contributed by atoms with Crippen molar-refractivity contribution in [3.63, 3.8) is 0 Å². The van der Waals surface area contributed by atoms with Gasteiger partial charge < -0.3 is 5.32 Å². The Labute approximate surface area is 115 Å². The summed E-state index contributed by atoms with van der Waals surface area (Å²) in [4.78, 5) is 12.0. The maximum absolute atomic E-state index is 12.0. The van der Waals surface area contributed by atoms with Gasteiger partial charge in [0.25, 0.3) is 5.91 Å². The van der Waals surface area contributed by atoms with E-state index in [1.165, 1.54) is 38.5 Å². The van der Waals surface area contributed by atoms with E-state index in [4.69, 9.17) is 0 Å². The van der Waals surface area contributed by atoms with Gasteiger partial charge in [0.15, 0.2) is 0 Å². The lowest BCUT2D eigenvalue weighted by atomic mass is 9.86. The smallest absolute Gasteiger partial charge is 0.269 e. The molecule has 0 aromatic carbocycles. The molecule has 0 unspecified atom stereocenters. The Balaban J connectivity index is 1.67. The van der Waals surface area contributed by atoms with Crippen molar-refractivity contribution in [1.29, 1.82) is 0 Å². The van der Waals surface area contributed by atoms with Crippen molar-refractivity contribution >= 4 is 5.91 Å². The molecule has 0 spiro atoms. The van der Waals surface area contributed by atoms with Crippen LogP contribution in [-0.2, 0) is 7.05 Å². The number of amides is 1. The Morgan fingerprint density at radius 2 is 2.16 bits per heavy atom. The Morgan fingerprint density at radius 3 is 2.79 bits per heavy atom. The van der Waals surface area contributed by atoms with Gasteiger partial charge >= 0.3 is 0 Å². The minimum Gasteiger partial charge on any atom is -0.351 e. The van der Waals surface area contributed by atoms with E-state index in [0.29, 0.717) is 5.69 Å². The summed E-state index contributed by atoms with van der Waals surface area (Å²) in [5, 5.41) is 7.18. The fourth-order valence-electron chi connectivity index (χ4n) is 2.98. The van der Waals surface area contributed by atoms with Gasteiger partial charge in [0, 0.05) is 13.6 Å². The standard InChI is InChI=1S/C15H25N3O/c1-12-11-14(18(2)17-12)15(19)16-10-6-9-13-7-4-3-5-8-13/h11,13H,3-10H2,1-2H3,(H,16,19). The molecular weight excluding hydrogens is 238 g/mol. The number of nitrogens with one attached hydrogen (secondary N) is 1. The van der Waals surface area contributed by atoms with Crippen molar-refractivity contribution in [1.82, 2.24) is 15.1 Å². The van der Waals surface area contributed by atoms with E-state index < -0.39 is 0 Å². The van der Waals surface area contributed by atoms with Crippen LogP contribution in [0.15, 0.2) is 6.07 Å². The summed E-state index contributed by atoms with van der Waals surface area (Å²) in [6.07, 6.45) is 9.31. The molecule has 1 saturated carbocycles. The number of rotatable bonds is 5. The van der Waals surface area contributed by atoms with Crippen molar-refractivity contribution in [3.05, 3.63) is 17.5 Å². The van der Waals surface area contributed by atoms with E-state index in [1.807, 2.05) is 20.0 Å². The highest BCUT2D eigenvalue weighted by atomic mass is 16.2. The number of hydrogen-bond donors (Lipinski definition) is 1. The number of aromatic nitrogens is 2. The monoisotopic (exact) mass is 263 g/mol. The third-order valence-corrected chi connectivity index (χ3v) is 4.03. The molecule has 0 saturated heterocycles. The predicted molar refractivity (Wildman–Crippen MR) is 76.1 cm³/mol. The molecule has 4 heteroatoms. The molecule has 1 aliphatic carbocycles. The van der Waals surface area contributed by atoms with Gasteiger partial charge in [-0.25, -0.2) is 0 Å². The summed E-state index contributed by atoms with van der Waals surface area (Å²) in [5.74, 6) is 0.886. The largest absolute Gasteiger partial charge is 0.351 e. The highest BCUT2D eigenvalue weighted by Gasteiger charge is 2.14. The van der Waals surface area contributed by atoms with Crippen LogP contribution in [0.25, 0.3) is 0 Å². The number of carbonyl (C=O) groups excluding carboxylic acids is 1. The molecule has 106 valence electrons. The summed E-state index contributed by atoms with van der Waals surface area (Å²) < 4.78 is 1.64. The molecule has 0 atom stereocenters. The molecule has 1 aromatic heterocycles. The molecular formula is C15H25N3O. The second-order valence-corrected chi connectivity index (χ2v) is 5.70. The lowest BCUT2D eigenvalue weighted by Gasteiger charge is -2.21. The van der Waals surface area contributed by atoms with Crippen LogP contribution in [0.4, 0.5) is 0 Å². The minimum atomic E-state index is -0.00764. The summed E-state index contributed by atoms with van der Waals surface area (Å²) in [5.41, 5.74) is 1.53. The molecule has 0 bridgehead atoms. The maximum atomic E-state index is 12.0. The second-order valence-electron chi connectivity index (χ2n) is 5.70. The van der Waals surface area contributed by atoms with Gasteiger partial charge in [0.1, 0.15) is 5.69 Å². The lowest BCUT2D eigenvalue weighted by molar-refractivity contribution is 0.0942. The Kier molecular flexibility index (Phi) is 5.00. The zero-order chi connectivity index (χ0) is 13.7. The van der Waals surface area contributed by atoms with Crippen LogP contribution in [-0.4, -0.2) is 22.2 Å². The molecule has 1 heterocycles. The maximum Gasteiger partial charge on any atom is 0.269 e. The zero-order valence-corrected chi connectivity index (χ0v) is 12.1. The Hall–Kier alpha value is -1.32. The van der Waals surface area contributed by atoms with Gasteiger partial charge in [0.05, 0.1) is 5.69 Å². The zero-order valence-electron chi connectivity index (χ0n) is 12.1. The van der Waals surface area contributed by atoms with Crippen molar-refractivity contribution < 1.29 is 4.79 Å². The first-order valence-corrected chi connectivity index (χ1v) is 7.45. The van der Waals surface area contributed by atoms with Crippen LogP contribution in [0.3, 0.4) is 0 Å². The van der Waals surface area contributed by atoms with E-state index >= 15 is 0 Å². The molecule has 0 radical (unpaired) electrons. The van der Waals surface area contributed by atoms with Crippen LogP contribution in [0.5, 0.6) is 0 Å².